The molecular weight excluding hydrogens is 266 g/mol. The molecule has 8 nitrogen and oxygen atoms in total. The van der Waals surface area contributed by atoms with Gasteiger partial charge in [-0.05, 0) is 6.92 Å². The van der Waals surface area contributed by atoms with Crippen LogP contribution in [0.25, 0.3) is 0 Å². The molecule has 114 valence electrons. The van der Waals surface area contributed by atoms with E-state index in [9.17, 15) is 14.4 Å². The maximum atomic E-state index is 12.1. The minimum atomic E-state index is -1.08. The second-order valence-electron chi connectivity index (χ2n) is 5.00. The van der Waals surface area contributed by atoms with Gasteiger partial charge in [0.25, 0.3) is 0 Å². The number of hydrogen-bond acceptors (Lipinski definition) is 4. The summed E-state index contributed by atoms with van der Waals surface area (Å²) >= 11 is 0. The Hall–Kier alpha value is -1.83. The molecule has 3 atom stereocenters. The van der Waals surface area contributed by atoms with Gasteiger partial charge in [-0.3, -0.25) is 4.79 Å². The monoisotopic (exact) mass is 287 g/mol. The molecule has 0 aliphatic carbocycles. The summed E-state index contributed by atoms with van der Waals surface area (Å²) in [5.41, 5.74) is 0. The lowest BCUT2D eigenvalue weighted by Crippen LogP contribution is -2.52. The molecule has 1 rings (SSSR count). The van der Waals surface area contributed by atoms with Crippen molar-refractivity contribution in [3.8, 4) is 0 Å². The van der Waals surface area contributed by atoms with E-state index < -0.39 is 24.1 Å². The van der Waals surface area contributed by atoms with Gasteiger partial charge in [0, 0.05) is 34.2 Å². The lowest BCUT2D eigenvalue weighted by Gasteiger charge is -2.25. The number of nitrogens with zero attached hydrogens (tertiary/aromatic N) is 2. The average molecular weight is 287 g/mol. The SMILES string of the molecule is COC1CC(C(=O)O)N(C(=O)NC(C)C(=O)N(C)C)C1. The van der Waals surface area contributed by atoms with Gasteiger partial charge in [-0.1, -0.05) is 0 Å². The van der Waals surface area contributed by atoms with Gasteiger partial charge < -0.3 is 25.0 Å². The number of aliphatic carboxylic acids is 1. The highest BCUT2D eigenvalue weighted by atomic mass is 16.5. The molecule has 1 saturated heterocycles. The van der Waals surface area contributed by atoms with Gasteiger partial charge in [-0.15, -0.1) is 0 Å². The maximum absolute atomic E-state index is 12.1. The van der Waals surface area contributed by atoms with Gasteiger partial charge >= 0.3 is 12.0 Å². The van der Waals surface area contributed by atoms with Crippen LogP contribution in [0.1, 0.15) is 13.3 Å². The summed E-state index contributed by atoms with van der Waals surface area (Å²) in [7, 11) is 4.65. The molecule has 0 aromatic heterocycles. The van der Waals surface area contributed by atoms with E-state index in [0.717, 1.165) is 0 Å². The Morgan fingerprint density at radius 1 is 1.40 bits per heavy atom. The normalized spacial score (nSPS) is 23.3. The van der Waals surface area contributed by atoms with Crippen LogP contribution in [0.2, 0.25) is 0 Å². The molecule has 1 aliphatic rings. The van der Waals surface area contributed by atoms with E-state index in [1.165, 1.54) is 16.9 Å². The minimum Gasteiger partial charge on any atom is -0.480 e. The highest BCUT2D eigenvalue weighted by molar-refractivity contribution is 5.88. The molecule has 0 aromatic carbocycles. The second-order valence-corrected chi connectivity index (χ2v) is 5.00. The molecule has 1 aliphatic heterocycles. The van der Waals surface area contributed by atoms with Gasteiger partial charge in [0.05, 0.1) is 6.10 Å². The van der Waals surface area contributed by atoms with Crippen LogP contribution in [-0.2, 0) is 14.3 Å². The molecule has 0 saturated carbocycles. The van der Waals surface area contributed by atoms with Crippen LogP contribution in [-0.4, -0.2) is 78.8 Å². The van der Waals surface area contributed by atoms with Gasteiger partial charge in [0.15, 0.2) is 0 Å². The first kappa shape index (κ1) is 16.2. The van der Waals surface area contributed by atoms with Gasteiger partial charge in [0.2, 0.25) is 5.91 Å². The van der Waals surface area contributed by atoms with E-state index >= 15 is 0 Å². The van der Waals surface area contributed by atoms with Crippen molar-refractivity contribution in [2.45, 2.75) is 31.5 Å². The molecule has 20 heavy (non-hydrogen) atoms. The summed E-state index contributed by atoms with van der Waals surface area (Å²) in [6, 6.07) is -2.21. The zero-order valence-corrected chi connectivity index (χ0v) is 12.1. The Balaban J connectivity index is 2.70. The molecule has 0 aromatic rings. The van der Waals surface area contributed by atoms with Crippen molar-refractivity contribution in [3.05, 3.63) is 0 Å². The lowest BCUT2D eigenvalue weighted by atomic mass is 10.2. The van der Waals surface area contributed by atoms with Crippen LogP contribution in [0.3, 0.4) is 0 Å². The van der Waals surface area contributed by atoms with Crippen LogP contribution < -0.4 is 5.32 Å². The Labute approximate surface area is 117 Å². The fraction of sp³-hybridized carbons (Fsp3) is 0.750. The van der Waals surface area contributed by atoms with Crippen LogP contribution in [0.4, 0.5) is 4.79 Å². The topological polar surface area (TPSA) is 99.2 Å². The second kappa shape index (κ2) is 6.56. The maximum Gasteiger partial charge on any atom is 0.326 e. The van der Waals surface area contributed by atoms with E-state index in [2.05, 4.69) is 5.32 Å². The first-order chi connectivity index (χ1) is 9.27. The van der Waals surface area contributed by atoms with Crippen LogP contribution in [0.15, 0.2) is 0 Å². The highest BCUT2D eigenvalue weighted by Crippen LogP contribution is 2.20. The Morgan fingerprint density at radius 3 is 2.45 bits per heavy atom. The van der Waals surface area contributed by atoms with Crippen molar-refractivity contribution in [2.75, 3.05) is 27.7 Å². The van der Waals surface area contributed by atoms with E-state index in [4.69, 9.17) is 9.84 Å². The Kier molecular flexibility index (Phi) is 5.32. The molecule has 1 fully saturated rings. The number of carboxylic acids is 1. The van der Waals surface area contributed by atoms with Gasteiger partial charge in [-0.2, -0.15) is 0 Å². The minimum absolute atomic E-state index is 0.197. The predicted octanol–water partition coefficient (Wildman–Crippen LogP) is -0.653. The number of methoxy groups -OCH3 is 1. The van der Waals surface area contributed by atoms with E-state index in [1.54, 1.807) is 21.0 Å². The summed E-state index contributed by atoms with van der Waals surface area (Å²) in [4.78, 5) is 37.5. The summed E-state index contributed by atoms with van der Waals surface area (Å²) in [6.07, 6.45) is -0.0587. The van der Waals surface area contributed by atoms with Crippen molar-refractivity contribution in [1.29, 1.82) is 0 Å². The third-order valence-electron chi connectivity index (χ3n) is 3.29. The third-order valence-corrected chi connectivity index (χ3v) is 3.29. The largest absolute Gasteiger partial charge is 0.480 e. The number of amides is 3. The number of hydrogen-bond donors (Lipinski definition) is 2. The molecule has 2 N–H and O–H groups in total. The summed E-state index contributed by atoms with van der Waals surface area (Å²) in [5.74, 6) is -1.33. The van der Waals surface area contributed by atoms with Crippen molar-refractivity contribution in [3.63, 3.8) is 0 Å². The first-order valence-corrected chi connectivity index (χ1v) is 6.31. The Bertz CT molecular complexity index is 399. The number of likely N-dealkylation sites (tertiary alicyclic amines) is 1. The zero-order chi connectivity index (χ0) is 15.4. The predicted molar refractivity (Wildman–Crippen MR) is 70.2 cm³/mol. The lowest BCUT2D eigenvalue weighted by molar-refractivity contribution is -0.141. The number of rotatable bonds is 4. The van der Waals surface area contributed by atoms with Crippen LogP contribution in [0.5, 0.6) is 0 Å². The number of ether oxygens (including phenoxy) is 1. The van der Waals surface area contributed by atoms with E-state index in [0.29, 0.717) is 0 Å². The molecule has 3 unspecified atom stereocenters. The smallest absolute Gasteiger partial charge is 0.326 e. The van der Waals surface area contributed by atoms with E-state index in [1.807, 2.05) is 0 Å². The number of carbonyl (C=O) groups excluding carboxylic acids is 2. The standard InChI is InChI=1S/C12H21N3O5/c1-7(10(16)14(2)3)13-12(19)15-6-8(20-4)5-9(15)11(17)18/h7-9H,5-6H2,1-4H3,(H,13,19)(H,17,18). The fourth-order valence-electron chi connectivity index (χ4n) is 2.14. The van der Waals surface area contributed by atoms with Crippen LogP contribution >= 0.6 is 0 Å². The number of nitrogens with one attached hydrogen (secondary N) is 1. The molecule has 1 heterocycles. The quantitative estimate of drug-likeness (QED) is 0.715. The van der Waals surface area contributed by atoms with Crippen molar-refractivity contribution in [1.82, 2.24) is 15.1 Å². The number of urea groups is 1. The number of carboxylic acid groups (broad SMARTS) is 1. The first-order valence-electron chi connectivity index (χ1n) is 6.31. The fourth-order valence-corrected chi connectivity index (χ4v) is 2.14. The Morgan fingerprint density at radius 2 is 2.00 bits per heavy atom. The van der Waals surface area contributed by atoms with E-state index in [-0.39, 0.29) is 25.0 Å². The molecular formula is C12H21N3O5. The van der Waals surface area contributed by atoms with Gasteiger partial charge in [0.1, 0.15) is 12.1 Å². The highest BCUT2D eigenvalue weighted by Gasteiger charge is 2.40. The van der Waals surface area contributed by atoms with Gasteiger partial charge in [-0.25, -0.2) is 9.59 Å². The summed E-state index contributed by atoms with van der Waals surface area (Å²) in [5, 5.41) is 11.6. The zero-order valence-electron chi connectivity index (χ0n) is 12.1. The molecule has 8 heteroatoms. The third kappa shape index (κ3) is 3.60. The summed E-state index contributed by atoms with van der Waals surface area (Å²) < 4.78 is 5.10. The molecule has 3 amide bonds. The number of likely N-dealkylation sites (N-methyl/N-ethyl adjacent to an activating group) is 1. The van der Waals surface area contributed by atoms with Crippen molar-refractivity contribution < 1.29 is 24.2 Å². The molecule has 0 radical (unpaired) electrons. The summed E-state index contributed by atoms with van der Waals surface area (Å²) in [6.45, 7) is 1.75. The number of carbonyl (C=O) groups is 3. The van der Waals surface area contributed by atoms with Crippen molar-refractivity contribution in [2.24, 2.45) is 0 Å². The van der Waals surface area contributed by atoms with Crippen molar-refractivity contribution >= 4 is 17.9 Å². The van der Waals surface area contributed by atoms with Crippen LogP contribution in [0, 0.1) is 0 Å². The average Bonchev–Trinajstić information content (AvgIpc) is 2.81. The molecule has 0 spiro atoms. The molecule has 0 bridgehead atoms.